The fourth-order valence-corrected chi connectivity index (χ4v) is 8.43. The van der Waals surface area contributed by atoms with Gasteiger partial charge in [-0.1, -0.05) is 292 Å². The first-order valence-electron chi connectivity index (χ1n) is 32.3. The maximum atomic E-state index is 12.4. The number of aliphatic hydroxyl groups excluding tert-OH is 1. The predicted molar refractivity (Wildman–Crippen MR) is 352 cm³/mol. The zero-order valence-corrected chi connectivity index (χ0v) is 51.3. The molecule has 1 N–H and O–H groups in total. The summed E-state index contributed by atoms with van der Waals surface area (Å²) in [5.41, 5.74) is 0. The van der Waals surface area contributed by atoms with Gasteiger partial charge in [0.15, 0.2) is 6.10 Å². The van der Waals surface area contributed by atoms with Crippen LogP contribution in [0.4, 0.5) is 0 Å². The van der Waals surface area contributed by atoms with Crippen LogP contribution in [0.15, 0.2) is 182 Å². The van der Waals surface area contributed by atoms with Crippen molar-refractivity contribution in [2.24, 2.45) is 0 Å². The number of aliphatic hydroxyl groups is 1. The second-order valence-electron chi connectivity index (χ2n) is 20.7. The predicted octanol–water partition coefficient (Wildman–Crippen LogP) is 22.6. The van der Waals surface area contributed by atoms with Gasteiger partial charge in [-0.15, -0.1) is 0 Å². The molecule has 0 spiro atoms. The van der Waals surface area contributed by atoms with Gasteiger partial charge in [0.25, 0.3) is 0 Å². The van der Waals surface area contributed by atoms with Crippen LogP contribution < -0.4 is 0 Å². The van der Waals surface area contributed by atoms with E-state index in [1.165, 1.54) is 89.9 Å². The molecule has 0 aromatic heterocycles. The Morgan fingerprint density at radius 2 is 0.500 bits per heavy atom. The highest BCUT2D eigenvalue weighted by atomic mass is 16.6. The summed E-state index contributed by atoms with van der Waals surface area (Å²) >= 11 is 0. The third-order valence-corrected chi connectivity index (χ3v) is 13.2. The van der Waals surface area contributed by atoms with E-state index in [1.807, 2.05) is 0 Å². The van der Waals surface area contributed by atoms with E-state index in [2.05, 4.69) is 196 Å². The van der Waals surface area contributed by atoms with Crippen molar-refractivity contribution < 1.29 is 24.2 Å². The van der Waals surface area contributed by atoms with E-state index in [4.69, 9.17) is 9.47 Å². The van der Waals surface area contributed by atoms with Crippen LogP contribution in [0.1, 0.15) is 258 Å². The maximum absolute atomic E-state index is 12.4. The van der Waals surface area contributed by atoms with Crippen molar-refractivity contribution in [3.05, 3.63) is 182 Å². The Hall–Kier alpha value is -5.00. The quantitative estimate of drug-likeness (QED) is 0.0373. The Bertz CT molecular complexity index is 1820. The summed E-state index contributed by atoms with van der Waals surface area (Å²) in [5.74, 6) is -0.613. The highest BCUT2D eigenvalue weighted by Gasteiger charge is 2.16. The largest absolute Gasteiger partial charge is 0.462 e. The molecule has 0 radical (unpaired) electrons. The molecule has 0 aliphatic heterocycles. The van der Waals surface area contributed by atoms with Crippen LogP contribution >= 0.6 is 0 Å². The van der Waals surface area contributed by atoms with E-state index in [9.17, 15) is 14.7 Å². The van der Waals surface area contributed by atoms with Gasteiger partial charge in [-0.2, -0.15) is 0 Å². The molecule has 0 aliphatic rings. The lowest BCUT2D eigenvalue weighted by Gasteiger charge is -2.15. The first-order chi connectivity index (χ1) is 39.6. The summed E-state index contributed by atoms with van der Waals surface area (Å²) in [5, 5.41) is 9.69. The third kappa shape index (κ3) is 65.5. The second-order valence-corrected chi connectivity index (χ2v) is 20.7. The molecule has 0 aromatic rings. The lowest BCUT2D eigenvalue weighted by atomic mass is 10.0. The lowest BCUT2D eigenvalue weighted by molar-refractivity contribution is -0.161. The number of esters is 2. The SMILES string of the molecule is CC/C=C\C/C=C\C/C=C\C/C=C\C/C=C\C/C=C\C/C=C\C/C=C\C/C=C\CCCCCCCCCCCCCC(=O)OC(CO)COC(=O)CCCCCCCCCC/C=C\C/C=C\C/C=C\C/C=C\C/C=C\C/C=C\CC. The maximum Gasteiger partial charge on any atom is 0.306 e. The smallest absolute Gasteiger partial charge is 0.306 e. The lowest BCUT2D eigenvalue weighted by Crippen LogP contribution is -2.28. The van der Waals surface area contributed by atoms with Crippen molar-refractivity contribution >= 4 is 11.9 Å². The number of hydrogen-bond donors (Lipinski definition) is 1. The topological polar surface area (TPSA) is 72.8 Å². The number of allylic oxidation sites excluding steroid dienone is 30. The molecule has 80 heavy (non-hydrogen) atoms. The minimum absolute atomic E-state index is 0.0820. The molecule has 0 rings (SSSR count). The Morgan fingerprint density at radius 1 is 0.287 bits per heavy atom. The molecule has 0 aromatic carbocycles. The van der Waals surface area contributed by atoms with Crippen LogP contribution in [0.5, 0.6) is 0 Å². The van der Waals surface area contributed by atoms with Crippen molar-refractivity contribution in [1.29, 1.82) is 0 Å². The van der Waals surface area contributed by atoms with Crippen LogP contribution in [-0.2, 0) is 19.1 Å². The molecule has 448 valence electrons. The number of carbonyl (C=O) groups is 2. The van der Waals surface area contributed by atoms with E-state index >= 15 is 0 Å². The number of rotatable bonds is 57. The highest BCUT2D eigenvalue weighted by molar-refractivity contribution is 5.70. The van der Waals surface area contributed by atoms with Gasteiger partial charge in [0.2, 0.25) is 0 Å². The van der Waals surface area contributed by atoms with Gasteiger partial charge >= 0.3 is 11.9 Å². The molecular weight excluding hydrogens is 981 g/mol. The van der Waals surface area contributed by atoms with Crippen molar-refractivity contribution in [2.75, 3.05) is 13.2 Å². The average molecular weight is 1100 g/mol. The van der Waals surface area contributed by atoms with Crippen LogP contribution in [0, 0.1) is 0 Å². The zero-order chi connectivity index (χ0) is 57.6. The van der Waals surface area contributed by atoms with Crippen LogP contribution in [0.3, 0.4) is 0 Å². The Morgan fingerprint density at radius 3 is 0.750 bits per heavy atom. The molecular formula is C75H118O5. The van der Waals surface area contributed by atoms with Gasteiger partial charge in [-0.3, -0.25) is 9.59 Å². The molecule has 5 nitrogen and oxygen atoms in total. The highest BCUT2D eigenvalue weighted by Crippen LogP contribution is 2.15. The fraction of sp³-hybridized carbons (Fsp3) is 0.573. The van der Waals surface area contributed by atoms with Gasteiger partial charge in [0, 0.05) is 12.8 Å². The Kier molecular flexibility index (Phi) is 64.0. The summed E-state index contributed by atoms with van der Waals surface area (Å²) in [6, 6.07) is 0. The fourth-order valence-electron chi connectivity index (χ4n) is 8.43. The van der Waals surface area contributed by atoms with Crippen molar-refractivity contribution in [3.8, 4) is 0 Å². The molecule has 0 amide bonds. The van der Waals surface area contributed by atoms with E-state index in [1.54, 1.807) is 0 Å². The Balaban J connectivity index is 3.59. The molecule has 0 saturated heterocycles. The summed E-state index contributed by atoms with van der Waals surface area (Å²) in [4.78, 5) is 24.6. The van der Waals surface area contributed by atoms with Crippen molar-refractivity contribution in [2.45, 2.75) is 264 Å². The molecule has 1 atom stereocenters. The first kappa shape index (κ1) is 75.0. The van der Waals surface area contributed by atoms with Crippen LogP contribution in [0.2, 0.25) is 0 Å². The van der Waals surface area contributed by atoms with Crippen molar-refractivity contribution in [1.82, 2.24) is 0 Å². The third-order valence-electron chi connectivity index (χ3n) is 13.2. The van der Waals surface area contributed by atoms with Gasteiger partial charge < -0.3 is 14.6 Å². The zero-order valence-electron chi connectivity index (χ0n) is 51.3. The molecule has 0 fully saturated rings. The van der Waals surface area contributed by atoms with E-state index < -0.39 is 6.10 Å². The minimum Gasteiger partial charge on any atom is -0.462 e. The number of ether oxygens (including phenoxy) is 2. The van der Waals surface area contributed by atoms with Gasteiger partial charge in [0.1, 0.15) is 6.61 Å². The molecule has 5 heteroatoms. The minimum atomic E-state index is -0.792. The second kappa shape index (κ2) is 68.3. The molecule has 0 saturated carbocycles. The molecule has 0 heterocycles. The van der Waals surface area contributed by atoms with Crippen molar-refractivity contribution in [3.63, 3.8) is 0 Å². The summed E-state index contributed by atoms with van der Waals surface area (Å²) in [7, 11) is 0. The van der Waals surface area contributed by atoms with Crippen LogP contribution in [0.25, 0.3) is 0 Å². The standard InChI is InChI=1S/C75H118O5/c1-3-5-7-9-11-13-15-17-19-21-23-25-27-29-31-32-33-34-35-36-37-38-39-40-41-42-44-46-48-50-52-54-56-58-60-62-64-66-68-70-75(78)80-73(71-76)72-79-74(77)69-67-65-63-61-59-57-55-53-51-49-47-45-43-30-28-26-24-22-20-18-16-14-12-10-8-6-4-2/h5-8,11-14,17-20,23-26,29-31,33-34,36-37,39-40,42-44,47,49,73,76H,3-4,9-10,15-16,21-22,27-28,32,35,38,41,45-46,48,50-72H2,1-2H3/b7-5-,8-6-,13-11-,14-12-,19-17-,20-18-,25-23-,26-24-,31-29-,34-33-,37-36-,40-39-,43-30-,44-42-,49-47-. The summed E-state index contributed by atoms with van der Waals surface area (Å²) in [6.07, 6.45) is 107. The Labute approximate surface area is 493 Å². The molecule has 0 aliphatic carbocycles. The van der Waals surface area contributed by atoms with E-state index in [0.29, 0.717) is 12.8 Å². The summed E-state index contributed by atoms with van der Waals surface area (Å²) < 4.78 is 10.7. The first-order valence-corrected chi connectivity index (χ1v) is 32.3. The van der Waals surface area contributed by atoms with Crippen LogP contribution in [-0.4, -0.2) is 36.4 Å². The summed E-state index contributed by atoms with van der Waals surface area (Å²) in [6.45, 7) is 3.90. The monoisotopic (exact) mass is 1100 g/mol. The number of unbranched alkanes of at least 4 members (excludes halogenated alkanes) is 19. The number of hydrogen-bond acceptors (Lipinski definition) is 5. The van der Waals surface area contributed by atoms with Gasteiger partial charge in [0.05, 0.1) is 6.61 Å². The van der Waals surface area contributed by atoms with Gasteiger partial charge in [-0.25, -0.2) is 0 Å². The number of carbonyl (C=O) groups excluding carboxylic acids is 2. The van der Waals surface area contributed by atoms with E-state index in [-0.39, 0.29) is 25.2 Å². The normalized spacial score (nSPS) is 13.5. The van der Waals surface area contributed by atoms with Gasteiger partial charge in [-0.05, 0) is 135 Å². The average Bonchev–Trinajstić information content (AvgIpc) is 3.46. The van der Waals surface area contributed by atoms with E-state index in [0.717, 1.165) is 141 Å². The molecule has 0 bridgehead atoms. The molecule has 1 unspecified atom stereocenters.